The van der Waals surface area contributed by atoms with Crippen molar-refractivity contribution in [3.05, 3.63) is 10.4 Å². The number of aliphatic hydroxyl groups excluding tert-OH is 5. The molecule has 0 spiro atoms. The summed E-state index contributed by atoms with van der Waals surface area (Å²) in [5, 5.41) is 48.3. The molecule has 0 aliphatic heterocycles. The third-order valence-corrected chi connectivity index (χ3v) is 2.14. The van der Waals surface area contributed by atoms with Crippen LogP contribution in [0.3, 0.4) is 0 Å². The predicted molar refractivity (Wildman–Crippen MR) is 57.8 cm³/mol. The van der Waals surface area contributed by atoms with Crippen molar-refractivity contribution in [3.63, 3.8) is 0 Å². The van der Waals surface area contributed by atoms with Crippen molar-refractivity contribution in [1.29, 1.82) is 0 Å². The fourth-order valence-electron chi connectivity index (χ4n) is 1.10. The maximum atomic E-state index is 11.5. The van der Waals surface area contributed by atoms with Gasteiger partial charge in [0.1, 0.15) is 18.3 Å². The Morgan fingerprint density at radius 1 is 1.26 bits per heavy atom. The van der Waals surface area contributed by atoms with Gasteiger partial charge in [0.2, 0.25) is 0 Å². The molecule has 0 aliphatic rings. The molecule has 11 heteroatoms. The first-order valence-corrected chi connectivity index (χ1v) is 5.00. The number of nitrogens with zero attached hydrogens (tertiary/aromatic N) is 4. The minimum atomic E-state index is -2.33. The van der Waals surface area contributed by atoms with Crippen LogP contribution in [0.1, 0.15) is 6.92 Å². The zero-order valence-electron chi connectivity index (χ0n) is 9.86. The van der Waals surface area contributed by atoms with E-state index < -0.39 is 42.8 Å². The van der Waals surface area contributed by atoms with Gasteiger partial charge in [-0.1, -0.05) is 0 Å². The van der Waals surface area contributed by atoms with Crippen molar-refractivity contribution in [3.8, 4) is 0 Å². The second-order valence-electron chi connectivity index (χ2n) is 3.52. The minimum absolute atomic E-state index is 0.0497. The standard InChI is InChI=1S/C8H14N4O7/c1-3(14)12(11-10-9)8(19)7(18)6(17)5(16)4(15)2-13/h4-7,13,15-18H,2H2,1H3/t4-,5-,6+,7+/m1/s1. The third kappa shape index (κ3) is 4.44. The molecule has 4 atom stereocenters. The summed E-state index contributed by atoms with van der Waals surface area (Å²) in [6.07, 6.45) is -8.36. The molecule has 0 radical (unpaired) electrons. The Kier molecular flexibility index (Phi) is 6.93. The van der Waals surface area contributed by atoms with Gasteiger partial charge < -0.3 is 25.5 Å². The third-order valence-electron chi connectivity index (χ3n) is 2.14. The fraction of sp³-hybridized carbons (Fsp3) is 0.750. The lowest BCUT2D eigenvalue weighted by atomic mass is 10.0. The van der Waals surface area contributed by atoms with E-state index in [1.54, 1.807) is 0 Å². The van der Waals surface area contributed by atoms with Crippen molar-refractivity contribution in [2.45, 2.75) is 31.3 Å². The van der Waals surface area contributed by atoms with E-state index in [0.717, 1.165) is 6.92 Å². The Bertz CT molecular complexity index is 381. The van der Waals surface area contributed by atoms with Crippen LogP contribution in [0.5, 0.6) is 0 Å². The van der Waals surface area contributed by atoms with Crippen LogP contribution >= 0.6 is 0 Å². The van der Waals surface area contributed by atoms with Crippen molar-refractivity contribution >= 4 is 11.8 Å². The van der Waals surface area contributed by atoms with Gasteiger partial charge in [0.25, 0.3) is 0 Å². The second-order valence-corrected chi connectivity index (χ2v) is 3.52. The Morgan fingerprint density at radius 3 is 2.16 bits per heavy atom. The maximum Gasteiger partial charge on any atom is 0.351 e. The van der Waals surface area contributed by atoms with Crippen molar-refractivity contribution < 1.29 is 35.1 Å². The summed E-state index contributed by atoms with van der Waals surface area (Å²) in [7, 11) is 0. The van der Waals surface area contributed by atoms with Gasteiger partial charge in [0.15, 0.2) is 6.10 Å². The number of rotatable bonds is 6. The summed E-state index contributed by atoms with van der Waals surface area (Å²) in [4.78, 5) is 24.6. The zero-order chi connectivity index (χ0) is 15.2. The van der Waals surface area contributed by atoms with Gasteiger partial charge >= 0.3 is 11.8 Å². The van der Waals surface area contributed by atoms with Crippen molar-refractivity contribution in [1.82, 2.24) is 5.01 Å². The quantitative estimate of drug-likeness (QED) is 0.148. The Balaban J connectivity index is 4.98. The zero-order valence-corrected chi connectivity index (χ0v) is 9.86. The number of hydrogen-bond acceptors (Lipinski definition) is 8. The van der Waals surface area contributed by atoms with Gasteiger partial charge in [0.05, 0.1) is 6.61 Å². The van der Waals surface area contributed by atoms with E-state index in [0.29, 0.717) is 0 Å². The molecule has 0 rings (SSSR count). The molecule has 0 bridgehead atoms. The highest BCUT2D eigenvalue weighted by Gasteiger charge is 2.39. The average Bonchev–Trinajstić information content (AvgIpc) is 2.40. The number of hydrogen-bond donors (Lipinski definition) is 5. The molecule has 0 heterocycles. The van der Waals surface area contributed by atoms with Gasteiger partial charge in [-0.2, -0.15) is 4.91 Å². The highest BCUT2D eigenvalue weighted by atomic mass is 16.4. The van der Waals surface area contributed by atoms with Crippen LogP contribution < -0.4 is 0 Å². The van der Waals surface area contributed by atoms with Gasteiger partial charge in [-0.3, -0.25) is 0 Å². The molecule has 5 N–H and O–H groups in total. The molecule has 0 aromatic heterocycles. The lowest BCUT2D eigenvalue weighted by Crippen LogP contribution is -2.52. The largest absolute Gasteiger partial charge is 0.394 e. The van der Waals surface area contributed by atoms with Crippen LogP contribution in [0.15, 0.2) is 5.22 Å². The molecule has 0 saturated carbocycles. The maximum absolute atomic E-state index is 11.5. The average molecular weight is 278 g/mol. The summed E-state index contributed by atoms with van der Waals surface area (Å²) in [5.41, 5.74) is 8.14. The topological polar surface area (TPSA) is 187 Å². The number of azide groups is 1. The van der Waals surface area contributed by atoms with Crippen molar-refractivity contribution in [2.24, 2.45) is 5.22 Å². The molecule has 0 aromatic carbocycles. The smallest absolute Gasteiger partial charge is 0.351 e. The van der Waals surface area contributed by atoms with Crippen LogP contribution in [0, 0.1) is 0 Å². The number of carbonyl (C=O) groups excluding carboxylic acids is 2. The molecule has 0 fully saturated rings. The van der Waals surface area contributed by atoms with E-state index in [1.165, 1.54) is 0 Å². The Hall–Kier alpha value is -1.75. The SMILES string of the molecule is CC(=O)N(N=[N+]=[N-])C(=O)[C@@H](O)[C@@H](O)[C@H](O)[C@H](O)CO. The summed E-state index contributed by atoms with van der Waals surface area (Å²) in [6, 6.07) is 0. The molecule has 0 saturated heterocycles. The predicted octanol–water partition coefficient (Wildman–Crippen LogP) is -2.98. The number of imide groups is 1. The summed E-state index contributed by atoms with van der Waals surface area (Å²) < 4.78 is 0. The first-order valence-electron chi connectivity index (χ1n) is 5.00. The molecule has 108 valence electrons. The lowest BCUT2D eigenvalue weighted by Gasteiger charge is -2.24. The molecule has 0 aliphatic carbocycles. The highest BCUT2D eigenvalue weighted by Crippen LogP contribution is 2.09. The van der Waals surface area contributed by atoms with E-state index in [9.17, 15) is 24.9 Å². The van der Waals surface area contributed by atoms with E-state index in [4.69, 9.17) is 15.7 Å². The molecule has 2 amide bonds. The van der Waals surface area contributed by atoms with Crippen LogP contribution in [0.2, 0.25) is 0 Å². The second kappa shape index (κ2) is 7.63. The molecule has 0 aromatic rings. The van der Waals surface area contributed by atoms with Crippen molar-refractivity contribution in [2.75, 3.05) is 6.61 Å². The van der Waals surface area contributed by atoms with E-state index in [1.807, 2.05) is 0 Å². The van der Waals surface area contributed by atoms with Gasteiger partial charge in [-0.15, -0.1) is 10.5 Å². The van der Waals surface area contributed by atoms with Gasteiger partial charge in [-0.05, 0) is 5.22 Å². The molecular weight excluding hydrogens is 264 g/mol. The van der Waals surface area contributed by atoms with Gasteiger partial charge in [-0.25, -0.2) is 9.59 Å². The van der Waals surface area contributed by atoms with E-state index >= 15 is 0 Å². The first kappa shape index (κ1) is 17.2. The van der Waals surface area contributed by atoms with Gasteiger partial charge in [0, 0.05) is 6.92 Å². The normalized spacial score (nSPS) is 16.7. The molecule has 19 heavy (non-hydrogen) atoms. The molecular formula is C8H14N4O7. The Labute approximate surface area is 106 Å². The summed E-state index contributed by atoms with van der Waals surface area (Å²) in [6.45, 7) is -0.0589. The van der Waals surface area contributed by atoms with E-state index in [2.05, 4.69) is 10.1 Å². The first-order chi connectivity index (χ1) is 8.77. The van der Waals surface area contributed by atoms with Crippen LogP contribution in [-0.4, -0.2) is 73.4 Å². The Morgan fingerprint density at radius 2 is 1.79 bits per heavy atom. The number of amides is 2. The lowest BCUT2D eigenvalue weighted by molar-refractivity contribution is -0.162. The van der Waals surface area contributed by atoms with Crippen LogP contribution in [0.25, 0.3) is 10.4 Å². The number of aliphatic hydroxyl groups is 5. The summed E-state index contributed by atoms with van der Waals surface area (Å²) >= 11 is 0. The number of carbonyl (C=O) groups is 2. The highest BCUT2D eigenvalue weighted by molar-refractivity contribution is 5.96. The minimum Gasteiger partial charge on any atom is -0.394 e. The van der Waals surface area contributed by atoms with Crippen LogP contribution in [0.4, 0.5) is 0 Å². The fourth-order valence-corrected chi connectivity index (χ4v) is 1.10. The summed E-state index contributed by atoms with van der Waals surface area (Å²) in [5.74, 6) is -2.51. The van der Waals surface area contributed by atoms with Crippen LogP contribution in [-0.2, 0) is 9.59 Å². The molecule has 0 unspecified atom stereocenters. The molecule has 11 nitrogen and oxygen atoms in total. The monoisotopic (exact) mass is 278 g/mol. The van der Waals surface area contributed by atoms with E-state index in [-0.39, 0.29) is 5.01 Å².